The summed E-state index contributed by atoms with van der Waals surface area (Å²) in [5, 5.41) is 9.67. The molecule has 98 valence electrons. The molecule has 2 rings (SSSR count). The van der Waals surface area contributed by atoms with Crippen molar-refractivity contribution >= 4 is 5.91 Å². The van der Waals surface area contributed by atoms with Crippen LogP contribution in [0.1, 0.15) is 20.3 Å². The SMILES string of the molecule is CC1CN(C(=O)C2(C)COCC2N)CCC1O. The number of aliphatic hydroxyl groups excluding tert-OH is 1. The summed E-state index contributed by atoms with van der Waals surface area (Å²) in [5.41, 5.74) is 5.37. The van der Waals surface area contributed by atoms with Crippen molar-refractivity contribution in [1.29, 1.82) is 0 Å². The van der Waals surface area contributed by atoms with E-state index in [2.05, 4.69) is 0 Å². The Kier molecular flexibility index (Phi) is 3.43. The van der Waals surface area contributed by atoms with Crippen molar-refractivity contribution in [3.05, 3.63) is 0 Å². The van der Waals surface area contributed by atoms with Crippen LogP contribution in [0.15, 0.2) is 0 Å². The minimum atomic E-state index is -0.595. The minimum absolute atomic E-state index is 0.0706. The Morgan fingerprint density at radius 1 is 1.59 bits per heavy atom. The predicted octanol–water partition coefficient (Wildman–Crippen LogP) is -0.420. The van der Waals surface area contributed by atoms with E-state index in [-0.39, 0.29) is 24.0 Å². The highest BCUT2D eigenvalue weighted by atomic mass is 16.5. The maximum Gasteiger partial charge on any atom is 0.232 e. The molecule has 4 atom stereocenters. The van der Waals surface area contributed by atoms with Crippen molar-refractivity contribution in [3.63, 3.8) is 0 Å². The van der Waals surface area contributed by atoms with E-state index in [0.717, 1.165) is 0 Å². The van der Waals surface area contributed by atoms with Gasteiger partial charge < -0.3 is 20.5 Å². The molecule has 2 fully saturated rings. The number of ether oxygens (including phenoxy) is 1. The number of rotatable bonds is 1. The van der Waals surface area contributed by atoms with E-state index in [1.807, 2.05) is 18.7 Å². The normalized spacial score (nSPS) is 42.8. The maximum absolute atomic E-state index is 12.5. The van der Waals surface area contributed by atoms with Crippen LogP contribution >= 0.6 is 0 Å². The van der Waals surface area contributed by atoms with Crippen LogP contribution in [0.3, 0.4) is 0 Å². The summed E-state index contributed by atoms with van der Waals surface area (Å²) in [6, 6.07) is -0.225. The first-order valence-corrected chi connectivity index (χ1v) is 6.26. The second-order valence-corrected chi connectivity index (χ2v) is 5.62. The minimum Gasteiger partial charge on any atom is -0.393 e. The van der Waals surface area contributed by atoms with E-state index in [1.54, 1.807) is 0 Å². The molecule has 0 spiro atoms. The Labute approximate surface area is 102 Å². The Balaban J connectivity index is 2.05. The second kappa shape index (κ2) is 4.55. The first-order valence-electron chi connectivity index (χ1n) is 6.26. The van der Waals surface area contributed by atoms with Crippen LogP contribution in [0.4, 0.5) is 0 Å². The zero-order chi connectivity index (χ0) is 12.6. The van der Waals surface area contributed by atoms with E-state index >= 15 is 0 Å². The number of piperidine rings is 1. The van der Waals surface area contributed by atoms with Crippen LogP contribution in [0.2, 0.25) is 0 Å². The van der Waals surface area contributed by atoms with Crippen LogP contribution in [0.25, 0.3) is 0 Å². The molecule has 5 heteroatoms. The molecule has 1 amide bonds. The molecule has 3 N–H and O–H groups in total. The number of nitrogens with zero attached hydrogens (tertiary/aromatic N) is 1. The standard InChI is InChI=1S/C12H22N2O3/c1-8-5-14(4-3-9(8)15)11(16)12(2)7-17-6-10(12)13/h8-10,15H,3-7,13H2,1-2H3. The number of carbonyl (C=O) groups excluding carboxylic acids is 1. The van der Waals surface area contributed by atoms with Crippen molar-refractivity contribution in [2.75, 3.05) is 26.3 Å². The fourth-order valence-corrected chi connectivity index (χ4v) is 2.59. The summed E-state index contributed by atoms with van der Waals surface area (Å²) in [4.78, 5) is 14.3. The van der Waals surface area contributed by atoms with E-state index in [0.29, 0.717) is 32.7 Å². The topological polar surface area (TPSA) is 75.8 Å². The van der Waals surface area contributed by atoms with Gasteiger partial charge >= 0.3 is 0 Å². The molecule has 0 saturated carbocycles. The predicted molar refractivity (Wildman–Crippen MR) is 63.3 cm³/mol. The second-order valence-electron chi connectivity index (χ2n) is 5.62. The fraction of sp³-hybridized carbons (Fsp3) is 0.917. The summed E-state index contributed by atoms with van der Waals surface area (Å²) in [7, 11) is 0. The van der Waals surface area contributed by atoms with Crippen molar-refractivity contribution in [1.82, 2.24) is 4.90 Å². The lowest BCUT2D eigenvalue weighted by Gasteiger charge is -2.39. The number of carbonyl (C=O) groups is 1. The lowest BCUT2D eigenvalue weighted by atomic mass is 9.83. The third-order valence-electron chi connectivity index (χ3n) is 4.15. The van der Waals surface area contributed by atoms with Gasteiger partial charge in [-0.3, -0.25) is 4.79 Å². The maximum atomic E-state index is 12.5. The number of nitrogens with two attached hydrogens (primary N) is 1. The van der Waals surface area contributed by atoms with Gasteiger partial charge in [-0.05, 0) is 19.3 Å². The highest BCUT2D eigenvalue weighted by Gasteiger charge is 2.47. The highest BCUT2D eigenvalue weighted by Crippen LogP contribution is 2.31. The van der Waals surface area contributed by atoms with Gasteiger partial charge in [-0.25, -0.2) is 0 Å². The van der Waals surface area contributed by atoms with E-state index < -0.39 is 5.41 Å². The van der Waals surface area contributed by atoms with Gasteiger partial charge in [-0.2, -0.15) is 0 Å². The summed E-state index contributed by atoms with van der Waals surface area (Å²) in [5.74, 6) is 0.205. The van der Waals surface area contributed by atoms with Gasteiger partial charge in [0.2, 0.25) is 5.91 Å². The number of aliphatic hydroxyl groups is 1. The van der Waals surface area contributed by atoms with Gasteiger partial charge in [-0.15, -0.1) is 0 Å². The highest BCUT2D eigenvalue weighted by molar-refractivity contribution is 5.83. The van der Waals surface area contributed by atoms with Gasteiger partial charge in [0.1, 0.15) is 0 Å². The lowest BCUT2D eigenvalue weighted by Crippen LogP contribution is -2.55. The molecule has 2 heterocycles. The third-order valence-corrected chi connectivity index (χ3v) is 4.15. The van der Waals surface area contributed by atoms with Crippen LogP contribution in [0.5, 0.6) is 0 Å². The molecule has 0 aromatic rings. The molecule has 2 aliphatic heterocycles. The molecule has 17 heavy (non-hydrogen) atoms. The van der Waals surface area contributed by atoms with E-state index in [9.17, 15) is 9.90 Å². The van der Waals surface area contributed by atoms with E-state index in [4.69, 9.17) is 10.5 Å². The molecule has 0 aromatic carbocycles. The average molecular weight is 242 g/mol. The first kappa shape index (κ1) is 12.8. The number of amides is 1. The zero-order valence-electron chi connectivity index (χ0n) is 10.6. The molecule has 5 nitrogen and oxygen atoms in total. The molecule has 0 radical (unpaired) electrons. The molecular formula is C12H22N2O3. The number of hydrogen-bond donors (Lipinski definition) is 2. The molecule has 2 saturated heterocycles. The Morgan fingerprint density at radius 3 is 2.82 bits per heavy atom. The summed E-state index contributed by atoms with van der Waals surface area (Å²) >= 11 is 0. The first-order chi connectivity index (χ1) is 7.95. The van der Waals surface area contributed by atoms with Gasteiger partial charge in [0.15, 0.2) is 0 Å². The molecule has 0 bridgehead atoms. The van der Waals surface area contributed by atoms with Crippen LogP contribution in [-0.2, 0) is 9.53 Å². The third kappa shape index (κ3) is 2.19. The van der Waals surface area contributed by atoms with Crippen LogP contribution in [-0.4, -0.2) is 54.4 Å². The van der Waals surface area contributed by atoms with Gasteiger partial charge in [0.25, 0.3) is 0 Å². The van der Waals surface area contributed by atoms with Crippen molar-refractivity contribution < 1.29 is 14.6 Å². The molecule has 0 aliphatic carbocycles. The summed E-state index contributed by atoms with van der Waals surface area (Å²) in [6.45, 7) is 5.93. The molecule has 0 aromatic heterocycles. The average Bonchev–Trinajstić information content (AvgIpc) is 2.63. The van der Waals surface area contributed by atoms with Crippen LogP contribution in [0, 0.1) is 11.3 Å². The van der Waals surface area contributed by atoms with Crippen molar-refractivity contribution in [3.8, 4) is 0 Å². The van der Waals surface area contributed by atoms with Crippen molar-refractivity contribution in [2.45, 2.75) is 32.4 Å². The number of likely N-dealkylation sites (tertiary alicyclic amines) is 1. The Bertz CT molecular complexity index is 310. The molecular weight excluding hydrogens is 220 g/mol. The zero-order valence-corrected chi connectivity index (χ0v) is 10.6. The lowest BCUT2D eigenvalue weighted by molar-refractivity contribution is -0.145. The number of hydrogen-bond acceptors (Lipinski definition) is 4. The van der Waals surface area contributed by atoms with E-state index in [1.165, 1.54) is 0 Å². The Morgan fingerprint density at radius 2 is 2.29 bits per heavy atom. The quantitative estimate of drug-likeness (QED) is 0.655. The largest absolute Gasteiger partial charge is 0.393 e. The fourth-order valence-electron chi connectivity index (χ4n) is 2.59. The van der Waals surface area contributed by atoms with Crippen molar-refractivity contribution in [2.24, 2.45) is 17.1 Å². The van der Waals surface area contributed by atoms with Gasteiger partial charge in [0.05, 0.1) is 24.7 Å². The summed E-state index contributed by atoms with van der Waals surface area (Å²) < 4.78 is 5.31. The molecule has 4 unspecified atom stereocenters. The Hall–Kier alpha value is -0.650. The summed E-state index contributed by atoms with van der Waals surface area (Å²) in [6.07, 6.45) is 0.361. The van der Waals surface area contributed by atoms with Gasteiger partial charge in [0, 0.05) is 19.1 Å². The smallest absolute Gasteiger partial charge is 0.232 e. The van der Waals surface area contributed by atoms with Crippen LogP contribution < -0.4 is 5.73 Å². The monoisotopic (exact) mass is 242 g/mol. The van der Waals surface area contributed by atoms with Gasteiger partial charge in [-0.1, -0.05) is 6.92 Å². The molecule has 2 aliphatic rings.